The lowest BCUT2D eigenvalue weighted by Crippen LogP contribution is -2.46. The highest BCUT2D eigenvalue weighted by Crippen LogP contribution is 2.14. The van der Waals surface area contributed by atoms with E-state index in [9.17, 15) is 27.6 Å². The van der Waals surface area contributed by atoms with E-state index in [4.69, 9.17) is 0 Å². The van der Waals surface area contributed by atoms with Gasteiger partial charge in [0, 0.05) is 18.5 Å². The van der Waals surface area contributed by atoms with Crippen LogP contribution in [0.3, 0.4) is 0 Å². The van der Waals surface area contributed by atoms with E-state index in [1.54, 1.807) is 19.2 Å². The molecule has 0 aliphatic rings. The quantitative estimate of drug-likeness (QED) is 0.484. The second kappa shape index (κ2) is 11.1. The molecule has 2 amide bonds. The number of amides is 2. The van der Waals surface area contributed by atoms with Crippen LogP contribution in [0.1, 0.15) is 47.0 Å². The SMILES string of the molecule is CC(C)NCC(=O)N[C@@H](CCCCNC(=O)C(F)(F)F)C(=O)C(C)C. The van der Waals surface area contributed by atoms with E-state index < -0.39 is 18.1 Å². The molecule has 0 saturated carbocycles. The minimum atomic E-state index is -4.90. The van der Waals surface area contributed by atoms with Crippen molar-refractivity contribution >= 4 is 17.6 Å². The lowest BCUT2D eigenvalue weighted by Gasteiger charge is -2.20. The third kappa shape index (κ3) is 10.8. The molecule has 0 heterocycles. The third-order valence-corrected chi connectivity index (χ3v) is 3.38. The van der Waals surface area contributed by atoms with Gasteiger partial charge in [-0.05, 0) is 19.3 Å². The molecule has 25 heavy (non-hydrogen) atoms. The van der Waals surface area contributed by atoms with Crippen LogP contribution in [-0.4, -0.2) is 48.9 Å². The molecule has 0 spiro atoms. The van der Waals surface area contributed by atoms with Crippen LogP contribution in [0.2, 0.25) is 0 Å². The molecule has 0 saturated heterocycles. The zero-order chi connectivity index (χ0) is 19.6. The second-order valence-electron chi connectivity index (χ2n) is 6.46. The smallest absolute Gasteiger partial charge is 0.348 e. The van der Waals surface area contributed by atoms with Crippen molar-refractivity contribution in [3.05, 3.63) is 0 Å². The summed E-state index contributed by atoms with van der Waals surface area (Å²) in [7, 11) is 0. The van der Waals surface area contributed by atoms with Crippen LogP contribution < -0.4 is 16.0 Å². The maximum atomic E-state index is 12.2. The Morgan fingerprint density at radius 3 is 2.08 bits per heavy atom. The van der Waals surface area contributed by atoms with Gasteiger partial charge in [-0.3, -0.25) is 14.4 Å². The number of carbonyl (C=O) groups excluding carboxylic acids is 3. The number of nitrogens with one attached hydrogen (secondary N) is 3. The van der Waals surface area contributed by atoms with E-state index >= 15 is 0 Å². The molecular formula is C16H28F3N3O3. The molecule has 0 aromatic rings. The molecule has 0 aromatic carbocycles. The zero-order valence-electron chi connectivity index (χ0n) is 15.1. The van der Waals surface area contributed by atoms with Crippen molar-refractivity contribution < 1.29 is 27.6 Å². The number of hydrogen-bond acceptors (Lipinski definition) is 4. The molecule has 0 fully saturated rings. The fourth-order valence-corrected chi connectivity index (χ4v) is 2.01. The molecule has 0 radical (unpaired) electrons. The first-order valence-electron chi connectivity index (χ1n) is 8.36. The number of ketones is 1. The van der Waals surface area contributed by atoms with Crippen LogP contribution in [0, 0.1) is 5.92 Å². The monoisotopic (exact) mass is 367 g/mol. The van der Waals surface area contributed by atoms with Crippen LogP contribution in [-0.2, 0) is 14.4 Å². The minimum Gasteiger partial charge on any atom is -0.348 e. The van der Waals surface area contributed by atoms with Crippen LogP contribution in [0.4, 0.5) is 13.2 Å². The van der Waals surface area contributed by atoms with Gasteiger partial charge >= 0.3 is 12.1 Å². The lowest BCUT2D eigenvalue weighted by atomic mass is 9.97. The van der Waals surface area contributed by atoms with E-state index in [2.05, 4.69) is 10.6 Å². The Bertz CT molecular complexity index is 452. The summed E-state index contributed by atoms with van der Waals surface area (Å²) in [5, 5.41) is 7.38. The fraction of sp³-hybridized carbons (Fsp3) is 0.812. The highest BCUT2D eigenvalue weighted by molar-refractivity contribution is 5.90. The Labute approximate surface area is 146 Å². The number of halogens is 3. The lowest BCUT2D eigenvalue weighted by molar-refractivity contribution is -0.173. The molecule has 0 aliphatic heterocycles. The predicted molar refractivity (Wildman–Crippen MR) is 87.8 cm³/mol. The molecule has 1 atom stereocenters. The second-order valence-corrected chi connectivity index (χ2v) is 6.46. The number of alkyl halides is 3. The third-order valence-electron chi connectivity index (χ3n) is 3.38. The Morgan fingerprint density at radius 2 is 1.60 bits per heavy atom. The molecule has 146 valence electrons. The highest BCUT2D eigenvalue weighted by atomic mass is 19.4. The molecule has 9 heteroatoms. The van der Waals surface area contributed by atoms with Gasteiger partial charge in [0.25, 0.3) is 0 Å². The van der Waals surface area contributed by atoms with E-state index in [1.165, 1.54) is 0 Å². The largest absolute Gasteiger partial charge is 0.471 e. The van der Waals surface area contributed by atoms with Crippen molar-refractivity contribution in [3.63, 3.8) is 0 Å². The topological polar surface area (TPSA) is 87.3 Å². The molecule has 6 nitrogen and oxygen atoms in total. The summed E-state index contributed by atoms with van der Waals surface area (Å²) in [6, 6.07) is -0.554. The number of carbonyl (C=O) groups is 3. The molecular weight excluding hydrogens is 339 g/mol. The van der Waals surface area contributed by atoms with Gasteiger partial charge in [-0.15, -0.1) is 0 Å². The van der Waals surface area contributed by atoms with Gasteiger partial charge < -0.3 is 16.0 Å². The number of rotatable bonds is 11. The maximum absolute atomic E-state index is 12.2. The van der Waals surface area contributed by atoms with Gasteiger partial charge in [-0.1, -0.05) is 27.7 Å². The number of Topliss-reactive ketones (excluding diaryl/α,β-unsaturated/α-hetero) is 1. The first-order valence-corrected chi connectivity index (χ1v) is 8.36. The van der Waals surface area contributed by atoms with Crippen LogP contribution in [0.15, 0.2) is 0 Å². The average Bonchev–Trinajstić information content (AvgIpc) is 2.49. The van der Waals surface area contributed by atoms with Crippen molar-refractivity contribution in [3.8, 4) is 0 Å². The maximum Gasteiger partial charge on any atom is 0.471 e. The normalized spacial score (nSPS) is 13.0. The average molecular weight is 367 g/mol. The van der Waals surface area contributed by atoms with Crippen molar-refractivity contribution in [2.75, 3.05) is 13.1 Å². The van der Waals surface area contributed by atoms with E-state index in [1.807, 2.05) is 13.8 Å². The standard InChI is InChI=1S/C16H28F3N3O3/c1-10(2)14(24)12(22-13(23)9-21-11(3)4)7-5-6-8-20-15(25)16(17,18)19/h10-12,21H,5-9H2,1-4H3,(H,20,25)(H,22,23)/t12-/m0/s1. The Morgan fingerprint density at radius 1 is 1.00 bits per heavy atom. The van der Waals surface area contributed by atoms with E-state index in [0.29, 0.717) is 12.8 Å². The summed E-state index contributed by atoms with van der Waals surface area (Å²) in [4.78, 5) is 34.7. The van der Waals surface area contributed by atoms with Gasteiger partial charge in [0.15, 0.2) is 5.78 Å². The van der Waals surface area contributed by atoms with Crippen molar-refractivity contribution in [2.45, 2.75) is 65.2 Å². The van der Waals surface area contributed by atoms with Crippen molar-refractivity contribution in [1.29, 1.82) is 0 Å². The number of unbranched alkanes of at least 4 members (excludes halogenated alkanes) is 1. The van der Waals surface area contributed by atoms with Crippen LogP contribution in [0.5, 0.6) is 0 Å². The van der Waals surface area contributed by atoms with Crippen LogP contribution in [0.25, 0.3) is 0 Å². The summed E-state index contributed by atoms with van der Waals surface area (Å²) in [5.74, 6) is -2.68. The molecule has 3 N–H and O–H groups in total. The Balaban J connectivity index is 4.35. The summed E-state index contributed by atoms with van der Waals surface area (Å²) < 4.78 is 36.1. The first-order chi connectivity index (χ1) is 11.4. The molecule has 0 bridgehead atoms. The molecule has 0 aromatic heterocycles. The summed E-state index contributed by atoms with van der Waals surface area (Å²) >= 11 is 0. The van der Waals surface area contributed by atoms with Gasteiger partial charge in [0.1, 0.15) is 0 Å². The van der Waals surface area contributed by atoms with Gasteiger partial charge in [0.2, 0.25) is 5.91 Å². The van der Waals surface area contributed by atoms with Crippen molar-refractivity contribution in [2.24, 2.45) is 5.92 Å². The van der Waals surface area contributed by atoms with Crippen molar-refractivity contribution in [1.82, 2.24) is 16.0 Å². The highest BCUT2D eigenvalue weighted by Gasteiger charge is 2.38. The van der Waals surface area contributed by atoms with Gasteiger partial charge in [0.05, 0.1) is 12.6 Å². The summed E-state index contributed by atoms with van der Waals surface area (Å²) in [6.07, 6.45) is -3.90. The van der Waals surface area contributed by atoms with Gasteiger partial charge in [-0.25, -0.2) is 0 Å². The molecule has 0 unspecified atom stereocenters. The van der Waals surface area contributed by atoms with Gasteiger partial charge in [-0.2, -0.15) is 13.2 Å². The Kier molecular flexibility index (Phi) is 10.3. The minimum absolute atomic E-state index is 0.0845. The Hall–Kier alpha value is -1.64. The van der Waals surface area contributed by atoms with Crippen LogP contribution >= 0.6 is 0 Å². The summed E-state index contributed by atoms with van der Waals surface area (Å²) in [6.45, 7) is 7.17. The number of hydrogen-bond donors (Lipinski definition) is 3. The zero-order valence-corrected chi connectivity index (χ0v) is 15.1. The molecule has 0 rings (SSSR count). The van der Waals surface area contributed by atoms with E-state index in [-0.39, 0.29) is 43.2 Å². The first kappa shape index (κ1) is 23.4. The molecule has 0 aliphatic carbocycles. The predicted octanol–water partition coefficient (Wildman–Crippen LogP) is 1.54. The summed E-state index contributed by atoms with van der Waals surface area (Å²) in [5.41, 5.74) is 0. The fourth-order valence-electron chi connectivity index (χ4n) is 2.01. The van der Waals surface area contributed by atoms with E-state index in [0.717, 1.165) is 0 Å².